The van der Waals surface area contributed by atoms with Crippen LogP contribution in [-0.2, 0) is 10.2 Å². The monoisotopic (exact) mass is 355 g/mol. The molecule has 3 nitrogen and oxygen atoms in total. The van der Waals surface area contributed by atoms with Crippen molar-refractivity contribution in [3.63, 3.8) is 0 Å². The number of fused-ring (bicyclic) bond motifs is 1. The van der Waals surface area contributed by atoms with Gasteiger partial charge in [0.15, 0.2) is 5.90 Å². The fourth-order valence-electron chi connectivity index (χ4n) is 3.68. The van der Waals surface area contributed by atoms with Gasteiger partial charge in [-0.25, -0.2) is 4.99 Å². The standard InChI is InChI=1S/C24H21N2O.H2/c1-24(2,22-12-6-11-20(25-22)17-13-14-17)23-26-21(15-27-23)19-10-5-8-16-7-3-4-9-18(16)19;/h3-14,21H,15H2,1-2H3;1H/t21-;/m1./s1. The summed E-state index contributed by atoms with van der Waals surface area (Å²) in [5, 5.41) is 2.48. The minimum Gasteiger partial charge on any atom is -0.478 e. The topological polar surface area (TPSA) is 34.5 Å². The lowest BCUT2D eigenvalue weighted by Gasteiger charge is -2.23. The number of ether oxygens (including phenoxy) is 1. The zero-order valence-corrected chi connectivity index (χ0v) is 15.5. The van der Waals surface area contributed by atoms with Crippen LogP contribution >= 0.6 is 0 Å². The molecule has 0 saturated carbocycles. The molecule has 1 radical (unpaired) electrons. The van der Waals surface area contributed by atoms with Crippen molar-refractivity contribution < 1.29 is 6.16 Å². The number of hydrogen-bond donors (Lipinski definition) is 0. The molecular formula is C24H23N2O. The second-order valence-corrected chi connectivity index (χ2v) is 7.65. The van der Waals surface area contributed by atoms with Crippen molar-refractivity contribution in [2.24, 2.45) is 4.99 Å². The van der Waals surface area contributed by atoms with Gasteiger partial charge in [-0.05, 0) is 47.9 Å². The van der Waals surface area contributed by atoms with E-state index in [1.54, 1.807) is 0 Å². The largest absolute Gasteiger partial charge is 0.478 e. The van der Waals surface area contributed by atoms with E-state index in [1.165, 1.54) is 21.9 Å². The molecule has 27 heavy (non-hydrogen) atoms. The highest BCUT2D eigenvalue weighted by molar-refractivity contribution is 5.91. The van der Waals surface area contributed by atoms with Crippen molar-refractivity contribution in [2.45, 2.75) is 25.3 Å². The number of aliphatic imine (C=N–C) groups is 1. The van der Waals surface area contributed by atoms with E-state index in [2.05, 4.69) is 80.9 Å². The van der Waals surface area contributed by atoms with Gasteiger partial charge in [-0.3, -0.25) is 4.98 Å². The number of hydrogen-bond acceptors (Lipinski definition) is 3. The Hall–Kier alpha value is -2.94. The number of benzene rings is 2. The highest BCUT2D eigenvalue weighted by Gasteiger charge is 2.36. The van der Waals surface area contributed by atoms with Crippen LogP contribution in [0.3, 0.4) is 0 Å². The van der Waals surface area contributed by atoms with Crippen LogP contribution in [0.2, 0.25) is 0 Å². The maximum atomic E-state index is 6.09. The van der Waals surface area contributed by atoms with Gasteiger partial charge in [0.05, 0.1) is 16.8 Å². The van der Waals surface area contributed by atoms with E-state index in [1.807, 2.05) is 6.07 Å². The number of rotatable bonds is 4. The Morgan fingerprint density at radius 3 is 2.63 bits per heavy atom. The molecule has 3 heteroatoms. The second-order valence-electron chi connectivity index (χ2n) is 7.65. The quantitative estimate of drug-likeness (QED) is 0.617. The van der Waals surface area contributed by atoms with E-state index in [0.29, 0.717) is 6.61 Å². The van der Waals surface area contributed by atoms with Crippen molar-refractivity contribution in [1.29, 1.82) is 0 Å². The Kier molecular flexibility index (Phi) is 3.64. The van der Waals surface area contributed by atoms with Crippen LogP contribution in [0.4, 0.5) is 0 Å². The first-order valence-corrected chi connectivity index (χ1v) is 9.34. The Bertz CT molecular complexity index is 1100. The summed E-state index contributed by atoms with van der Waals surface area (Å²) in [7, 11) is 0. The van der Waals surface area contributed by atoms with Crippen LogP contribution in [0.1, 0.15) is 38.3 Å². The molecule has 135 valence electrons. The summed E-state index contributed by atoms with van der Waals surface area (Å²) in [6.45, 7) is 4.84. The summed E-state index contributed by atoms with van der Waals surface area (Å²) >= 11 is 0. The first-order valence-electron chi connectivity index (χ1n) is 9.34. The third-order valence-electron chi connectivity index (χ3n) is 5.39. The lowest BCUT2D eigenvalue weighted by atomic mass is 9.88. The minimum absolute atomic E-state index is 0. The lowest BCUT2D eigenvalue weighted by Crippen LogP contribution is -2.30. The third-order valence-corrected chi connectivity index (χ3v) is 5.39. The van der Waals surface area contributed by atoms with E-state index < -0.39 is 0 Å². The van der Waals surface area contributed by atoms with Gasteiger partial charge in [0.2, 0.25) is 0 Å². The summed E-state index contributed by atoms with van der Waals surface area (Å²) in [4.78, 5) is 9.82. The Morgan fingerprint density at radius 2 is 1.78 bits per heavy atom. The van der Waals surface area contributed by atoms with Crippen LogP contribution < -0.4 is 0 Å². The number of aromatic nitrogens is 1. The molecule has 5 rings (SSSR count). The first kappa shape index (κ1) is 16.2. The average molecular weight is 355 g/mol. The molecule has 0 bridgehead atoms. The molecule has 3 aromatic rings. The molecule has 0 amide bonds. The smallest absolute Gasteiger partial charge is 0.196 e. The van der Waals surface area contributed by atoms with Gasteiger partial charge in [-0.15, -0.1) is 0 Å². The normalized spacial score (nSPS) is 18.8. The fourth-order valence-corrected chi connectivity index (χ4v) is 3.68. The van der Waals surface area contributed by atoms with Crippen LogP contribution in [0.25, 0.3) is 16.3 Å². The van der Waals surface area contributed by atoms with Crippen molar-refractivity contribution in [3.05, 3.63) is 90.1 Å². The first-order chi connectivity index (χ1) is 13.1. The summed E-state index contributed by atoms with van der Waals surface area (Å²) in [6.07, 6.45) is 4.17. The Labute approximate surface area is 160 Å². The summed E-state index contributed by atoms with van der Waals surface area (Å²) in [5.41, 5.74) is 4.06. The van der Waals surface area contributed by atoms with E-state index in [-0.39, 0.29) is 12.9 Å². The van der Waals surface area contributed by atoms with Gasteiger partial charge in [0.25, 0.3) is 0 Å². The molecular weight excluding hydrogens is 332 g/mol. The van der Waals surface area contributed by atoms with Gasteiger partial charge in [-0.2, -0.15) is 0 Å². The third kappa shape index (κ3) is 2.84. The summed E-state index contributed by atoms with van der Waals surface area (Å²) in [6, 6.07) is 21.0. The van der Waals surface area contributed by atoms with Crippen molar-refractivity contribution >= 4 is 22.2 Å². The highest BCUT2D eigenvalue weighted by Crippen LogP contribution is 2.36. The number of allylic oxidation sites excluding steroid dienone is 2. The van der Waals surface area contributed by atoms with Crippen molar-refractivity contribution in [1.82, 2.24) is 4.98 Å². The molecule has 0 unspecified atom stereocenters. The molecule has 2 aliphatic rings. The van der Waals surface area contributed by atoms with E-state index in [0.717, 1.165) is 17.3 Å². The molecule has 0 spiro atoms. The Balaban J connectivity index is 0.00000192. The van der Waals surface area contributed by atoms with Crippen molar-refractivity contribution in [2.75, 3.05) is 6.61 Å². The zero-order valence-electron chi connectivity index (χ0n) is 15.5. The predicted octanol–water partition coefficient (Wildman–Crippen LogP) is 5.53. The molecule has 0 N–H and O–H groups in total. The molecule has 2 aromatic carbocycles. The maximum Gasteiger partial charge on any atom is 0.196 e. The average Bonchev–Trinajstić information content (AvgIpc) is 3.44. The molecule has 1 aliphatic carbocycles. The molecule has 1 aromatic heterocycles. The van der Waals surface area contributed by atoms with E-state index in [9.17, 15) is 0 Å². The van der Waals surface area contributed by atoms with Gasteiger partial charge in [0.1, 0.15) is 12.6 Å². The van der Waals surface area contributed by atoms with Crippen molar-refractivity contribution in [3.8, 4) is 0 Å². The molecule has 0 saturated heterocycles. The lowest BCUT2D eigenvalue weighted by molar-refractivity contribution is 0.295. The molecule has 1 aliphatic heterocycles. The maximum absolute atomic E-state index is 6.09. The van der Waals surface area contributed by atoms with Crippen LogP contribution in [-0.4, -0.2) is 17.5 Å². The van der Waals surface area contributed by atoms with Gasteiger partial charge in [-0.1, -0.05) is 54.6 Å². The highest BCUT2D eigenvalue weighted by atomic mass is 16.5. The zero-order chi connectivity index (χ0) is 18.4. The summed E-state index contributed by atoms with van der Waals surface area (Å²) < 4.78 is 6.09. The minimum atomic E-state index is -0.370. The predicted molar refractivity (Wildman–Crippen MR) is 112 cm³/mol. The molecule has 0 fully saturated rings. The van der Waals surface area contributed by atoms with Crippen LogP contribution in [0.15, 0.2) is 71.7 Å². The second kappa shape index (κ2) is 6.05. The van der Waals surface area contributed by atoms with Crippen LogP contribution in [0.5, 0.6) is 0 Å². The van der Waals surface area contributed by atoms with Crippen LogP contribution in [0, 0.1) is 6.42 Å². The SMILES string of the molecule is CC(C)(C1=N[C@@H](c2cccc3ccccc23)CO1)c1cccc(C2=C[CH]2)n1.[HH]. The summed E-state index contributed by atoms with van der Waals surface area (Å²) in [5.74, 6) is 0.763. The van der Waals surface area contributed by atoms with Gasteiger partial charge >= 0.3 is 0 Å². The van der Waals surface area contributed by atoms with Gasteiger partial charge in [0, 0.05) is 7.85 Å². The molecule has 2 heterocycles. The Morgan fingerprint density at radius 1 is 1.00 bits per heavy atom. The van der Waals surface area contributed by atoms with E-state index in [4.69, 9.17) is 14.7 Å². The fraction of sp³-hybridized carbons (Fsp3) is 0.208. The van der Waals surface area contributed by atoms with E-state index >= 15 is 0 Å². The number of pyridine rings is 1. The number of nitrogens with zero attached hydrogens (tertiary/aromatic N) is 2. The van der Waals surface area contributed by atoms with Gasteiger partial charge < -0.3 is 4.74 Å². The molecule has 1 atom stereocenters.